The highest BCUT2D eigenvalue weighted by Gasteiger charge is 2.37. The maximum absolute atomic E-state index is 12.9. The SMILES string of the molecule is O=C(c1cccc(Cl)c1)N1CCN(C2CCN(Cc3cccnc3)C2=O)CC1. The van der Waals surface area contributed by atoms with Crippen molar-refractivity contribution in [2.24, 2.45) is 0 Å². The summed E-state index contributed by atoms with van der Waals surface area (Å²) in [7, 11) is 0. The number of hydrogen-bond acceptors (Lipinski definition) is 4. The van der Waals surface area contributed by atoms with E-state index >= 15 is 0 Å². The average molecular weight is 399 g/mol. The van der Waals surface area contributed by atoms with Gasteiger partial charge in [0.1, 0.15) is 0 Å². The molecular weight excluding hydrogens is 376 g/mol. The van der Waals surface area contributed by atoms with Crippen LogP contribution in [0.15, 0.2) is 48.8 Å². The van der Waals surface area contributed by atoms with Gasteiger partial charge in [0.2, 0.25) is 5.91 Å². The van der Waals surface area contributed by atoms with Gasteiger partial charge in [0, 0.05) is 62.2 Å². The summed E-state index contributed by atoms with van der Waals surface area (Å²) >= 11 is 6.00. The Morgan fingerprint density at radius 3 is 2.64 bits per heavy atom. The average Bonchev–Trinajstić information content (AvgIpc) is 3.08. The van der Waals surface area contributed by atoms with E-state index in [2.05, 4.69) is 9.88 Å². The molecule has 2 fully saturated rings. The third-order valence-electron chi connectivity index (χ3n) is 5.48. The number of carbonyl (C=O) groups excluding carboxylic acids is 2. The van der Waals surface area contributed by atoms with Gasteiger partial charge in [0.05, 0.1) is 6.04 Å². The number of aromatic nitrogens is 1. The van der Waals surface area contributed by atoms with Crippen molar-refractivity contribution in [3.05, 3.63) is 64.9 Å². The van der Waals surface area contributed by atoms with E-state index in [1.807, 2.05) is 21.9 Å². The molecule has 6 nitrogen and oxygen atoms in total. The van der Waals surface area contributed by atoms with Crippen molar-refractivity contribution in [2.45, 2.75) is 19.0 Å². The van der Waals surface area contributed by atoms with Gasteiger partial charge in [-0.25, -0.2) is 0 Å². The maximum Gasteiger partial charge on any atom is 0.253 e. The van der Waals surface area contributed by atoms with Crippen molar-refractivity contribution in [3.63, 3.8) is 0 Å². The molecule has 0 aliphatic carbocycles. The Bertz CT molecular complexity index is 852. The van der Waals surface area contributed by atoms with E-state index in [4.69, 9.17) is 11.6 Å². The van der Waals surface area contributed by atoms with E-state index in [0.29, 0.717) is 43.3 Å². The zero-order valence-corrected chi connectivity index (χ0v) is 16.4. The quantitative estimate of drug-likeness (QED) is 0.793. The fourth-order valence-electron chi connectivity index (χ4n) is 3.97. The first-order valence-electron chi connectivity index (χ1n) is 9.58. The monoisotopic (exact) mass is 398 g/mol. The molecule has 1 atom stereocenters. The minimum absolute atomic E-state index is 0.00176. The van der Waals surface area contributed by atoms with E-state index in [1.54, 1.807) is 36.7 Å². The maximum atomic E-state index is 12.9. The highest BCUT2D eigenvalue weighted by Crippen LogP contribution is 2.22. The van der Waals surface area contributed by atoms with Crippen LogP contribution in [0, 0.1) is 0 Å². The number of hydrogen-bond donors (Lipinski definition) is 0. The van der Waals surface area contributed by atoms with E-state index in [1.165, 1.54) is 0 Å². The third-order valence-corrected chi connectivity index (χ3v) is 5.71. The Hall–Kier alpha value is -2.44. The van der Waals surface area contributed by atoms with Crippen LogP contribution in [0.4, 0.5) is 0 Å². The number of amides is 2. The molecule has 7 heteroatoms. The number of rotatable bonds is 4. The van der Waals surface area contributed by atoms with Crippen molar-refractivity contribution in [2.75, 3.05) is 32.7 Å². The number of likely N-dealkylation sites (tertiary alicyclic amines) is 1. The van der Waals surface area contributed by atoms with Gasteiger partial charge in [-0.2, -0.15) is 0 Å². The zero-order valence-electron chi connectivity index (χ0n) is 15.6. The predicted octanol–water partition coefficient (Wildman–Crippen LogP) is 2.29. The molecule has 2 aliphatic rings. The lowest BCUT2D eigenvalue weighted by molar-refractivity contribution is -0.133. The summed E-state index contributed by atoms with van der Waals surface area (Å²) in [6, 6.07) is 10.8. The summed E-state index contributed by atoms with van der Waals surface area (Å²) < 4.78 is 0. The molecular formula is C21H23ClN4O2. The van der Waals surface area contributed by atoms with Crippen LogP contribution in [0.1, 0.15) is 22.3 Å². The van der Waals surface area contributed by atoms with Gasteiger partial charge in [0.25, 0.3) is 5.91 Å². The van der Waals surface area contributed by atoms with Gasteiger partial charge >= 0.3 is 0 Å². The van der Waals surface area contributed by atoms with Crippen LogP contribution < -0.4 is 0 Å². The summed E-state index contributed by atoms with van der Waals surface area (Å²) in [5.74, 6) is 0.177. The minimum Gasteiger partial charge on any atom is -0.337 e. The van der Waals surface area contributed by atoms with Gasteiger partial charge in [-0.15, -0.1) is 0 Å². The Kier molecular flexibility index (Phi) is 5.59. The van der Waals surface area contributed by atoms with Crippen LogP contribution in [-0.4, -0.2) is 70.3 Å². The molecule has 2 aromatic rings. The Morgan fingerprint density at radius 2 is 1.93 bits per heavy atom. The summed E-state index contributed by atoms with van der Waals surface area (Å²) in [6.45, 7) is 4.04. The molecule has 0 N–H and O–H groups in total. The minimum atomic E-state index is -0.0832. The van der Waals surface area contributed by atoms with Crippen molar-refractivity contribution in [1.29, 1.82) is 0 Å². The zero-order chi connectivity index (χ0) is 19.5. The largest absolute Gasteiger partial charge is 0.337 e. The topological polar surface area (TPSA) is 56.8 Å². The molecule has 28 heavy (non-hydrogen) atoms. The van der Waals surface area contributed by atoms with Crippen molar-refractivity contribution >= 4 is 23.4 Å². The summed E-state index contributed by atoms with van der Waals surface area (Å²) in [4.78, 5) is 35.6. The van der Waals surface area contributed by atoms with E-state index in [9.17, 15) is 9.59 Å². The Labute approximate surface area is 169 Å². The van der Waals surface area contributed by atoms with Crippen molar-refractivity contribution in [1.82, 2.24) is 19.7 Å². The molecule has 4 rings (SSSR count). The molecule has 1 aromatic heterocycles. The van der Waals surface area contributed by atoms with Crippen LogP contribution in [0.25, 0.3) is 0 Å². The molecule has 0 spiro atoms. The van der Waals surface area contributed by atoms with E-state index in [0.717, 1.165) is 18.5 Å². The second kappa shape index (κ2) is 8.29. The number of nitrogens with zero attached hydrogens (tertiary/aromatic N) is 4. The van der Waals surface area contributed by atoms with Gasteiger partial charge in [-0.3, -0.25) is 19.5 Å². The number of carbonyl (C=O) groups is 2. The molecule has 3 heterocycles. The van der Waals surface area contributed by atoms with Crippen LogP contribution >= 0.6 is 11.6 Å². The number of pyridine rings is 1. The molecule has 2 saturated heterocycles. The van der Waals surface area contributed by atoms with Crippen LogP contribution in [0.2, 0.25) is 5.02 Å². The predicted molar refractivity (Wildman–Crippen MR) is 107 cm³/mol. The lowest BCUT2D eigenvalue weighted by Crippen LogP contribution is -2.53. The molecule has 2 aliphatic heterocycles. The first-order valence-corrected chi connectivity index (χ1v) is 9.96. The first-order chi connectivity index (χ1) is 13.6. The molecule has 1 unspecified atom stereocenters. The smallest absolute Gasteiger partial charge is 0.253 e. The van der Waals surface area contributed by atoms with Crippen molar-refractivity contribution < 1.29 is 9.59 Å². The normalized spacial score (nSPS) is 20.6. The molecule has 146 valence electrons. The first kappa shape index (κ1) is 18.9. The number of piperazine rings is 1. The third kappa shape index (κ3) is 4.03. The fraction of sp³-hybridized carbons (Fsp3) is 0.381. The second-order valence-electron chi connectivity index (χ2n) is 7.26. The van der Waals surface area contributed by atoms with Gasteiger partial charge < -0.3 is 9.80 Å². The molecule has 1 aromatic carbocycles. The molecule has 0 radical (unpaired) electrons. The van der Waals surface area contributed by atoms with E-state index in [-0.39, 0.29) is 17.9 Å². The number of halogens is 1. The fourth-order valence-corrected chi connectivity index (χ4v) is 4.16. The summed E-state index contributed by atoms with van der Waals surface area (Å²) in [5, 5.41) is 0.565. The van der Waals surface area contributed by atoms with Crippen LogP contribution in [-0.2, 0) is 11.3 Å². The Morgan fingerprint density at radius 1 is 1.11 bits per heavy atom. The molecule has 0 saturated carbocycles. The summed E-state index contributed by atoms with van der Waals surface area (Å²) in [5.41, 5.74) is 1.66. The number of benzene rings is 1. The lowest BCUT2D eigenvalue weighted by Gasteiger charge is -2.37. The second-order valence-corrected chi connectivity index (χ2v) is 7.70. The molecule has 2 amide bonds. The van der Waals surface area contributed by atoms with Gasteiger partial charge in [0.15, 0.2) is 0 Å². The Balaban J connectivity index is 1.33. The molecule has 0 bridgehead atoms. The standard InChI is InChI=1S/C21H23ClN4O2/c22-18-5-1-4-17(13-18)20(27)25-11-9-24(10-12-25)19-6-8-26(21(19)28)15-16-3-2-7-23-14-16/h1-5,7,13-14,19H,6,8-12,15H2. The van der Waals surface area contributed by atoms with Gasteiger partial charge in [-0.1, -0.05) is 23.7 Å². The van der Waals surface area contributed by atoms with Crippen molar-refractivity contribution in [3.8, 4) is 0 Å². The highest BCUT2D eigenvalue weighted by atomic mass is 35.5. The van der Waals surface area contributed by atoms with E-state index < -0.39 is 0 Å². The summed E-state index contributed by atoms with van der Waals surface area (Å²) in [6.07, 6.45) is 4.38. The van der Waals surface area contributed by atoms with Crippen LogP contribution in [0.3, 0.4) is 0 Å². The highest BCUT2D eigenvalue weighted by molar-refractivity contribution is 6.30. The van der Waals surface area contributed by atoms with Gasteiger partial charge in [-0.05, 0) is 36.2 Å². The van der Waals surface area contributed by atoms with Crippen LogP contribution in [0.5, 0.6) is 0 Å². The lowest BCUT2D eigenvalue weighted by atomic mass is 10.1.